The van der Waals surface area contributed by atoms with Gasteiger partial charge in [0.2, 0.25) is 9.84 Å². The zero-order valence-electron chi connectivity index (χ0n) is 23.3. The molecule has 0 aromatic heterocycles. The maximum atomic E-state index is 14.2. The van der Waals surface area contributed by atoms with E-state index in [0.29, 0.717) is 22.6 Å². The Balaban J connectivity index is 1.51. The second kappa shape index (κ2) is 12.3. The number of aliphatic hydroxyl groups is 2. The molecule has 0 aliphatic rings. The molecule has 7 heteroatoms. The number of aliphatic hydroxyl groups excluding tert-OH is 2. The molecule has 0 fully saturated rings. The molecule has 0 aliphatic heterocycles. The molecule has 0 heterocycles. The third-order valence-corrected chi connectivity index (χ3v) is 9.13. The van der Waals surface area contributed by atoms with Crippen molar-refractivity contribution in [3.05, 3.63) is 121 Å². The topological polar surface area (TPSA) is 93.1 Å². The highest BCUT2D eigenvalue weighted by molar-refractivity contribution is 7.91. The highest BCUT2D eigenvalue weighted by Crippen LogP contribution is 2.40. The smallest absolute Gasteiger partial charge is 0.206 e. The Morgan fingerprint density at radius 3 is 1.35 bits per heavy atom. The number of ether oxygens (including phenoxy) is 2. The summed E-state index contributed by atoms with van der Waals surface area (Å²) in [5, 5.41) is 22.8. The van der Waals surface area contributed by atoms with Gasteiger partial charge in [0, 0.05) is 11.1 Å². The predicted molar refractivity (Wildman–Crippen MR) is 169 cm³/mol. The zero-order chi connectivity index (χ0) is 29.8. The fourth-order valence-electron chi connectivity index (χ4n) is 5.39. The van der Waals surface area contributed by atoms with Crippen LogP contribution in [0.15, 0.2) is 131 Å². The number of rotatable bonds is 10. The van der Waals surface area contributed by atoms with Crippen LogP contribution in [0.1, 0.15) is 0 Å². The number of fused-ring (bicyclic) bond motifs is 2. The van der Waals surface area contributed by atoms with Crippen LogP contribution in [0.3, 0.4) is 0 Å². The normalized spacial score (nSPS) is 11.6. The van der Waals surface area contributed by atoms with Gasteiger partial charge in [0.25, 0.3) is 0 Å². The van der Waals surface area contributed by atoms with Crippen LogP contribution in [-0.2, 0) is 9.84 Å². The van der Waals surface area contributed by atoms with Gasteiger partial charge in [-0.1, -0.05) is 84.9 Å². The molecule has 6 rings (SSSR count). The van der Waals surface area contributed by atoms with E-state index in [1.54, 1.807) is 24.3 Å². The molecule has 0 aliphatic carbocycles. The van der Waals surface area contributed by atoms with Crippen molar-refractivity contribution in [2.45, 2.75) is 9.79 Å². The Bertz CT molecular complexity index is 1880. The van der Waals surface area contributed by atoms with E-state index in [0.717, 1.165) is 32.7 Å². The second-order valence-corrected chi connectivity index (χ2v) is 12.0. The summed E-state index contributed by atoms with van der Waals surface area (Å²) in [5.74, 6) is 0.960. The molecule has 0 spiro atoms. The lowest BCUT2D eigenvalue weighted by Gasteiger charge is -2.17. The SMILES string of the molecule is O=S(=O)(c1ccc(OCCO)c(-c2cccc3ccccc23)c1)c1ccc(OCCO)c(-c2cccc3ccccc23)c1. The lowest BCUT2D eigenvalue weighted by Crippen LogP contribution is -2.07. The standard InChI is InChI=1S/C36H30O6S/c37-19-21-41-35-17-15-27(23-33(35)31-13-5-9-25-7-1-3-11-29(25)31)43(39,40)28-16-18-36(42-22-20-38)34(24-28)32-14-6-10-26-8-2-4-12-30(26)32/h1-18,23-24,37-38H,19-22H2. The maximum absolute atomic E-state index is 14.2. The summed E-state index contributed by atoms with van der Waals surface area (Å²) < 4.78 is 40.1. The highest BCUT2D eigenvalue weighted by atomic mass is 32.2. The number of hydrogen-bond donors (Lipinski definition) is 2. The van der Waals surface area contributed by atoms with Crippen molar-refractivity contribution in [2.75, 3.05) is 26.4 Å². The number of benzene rings is 6. The minimum Gasteiger partial charge on any atom is -0.491 e. The summed E-state index contributed by atoms with van der Waals surface area (Å²) in [5.41, 5.74) is 2.88. The Morgan fingerprint density at radius 1 is 0.488 bits per heavy atom. The Morgan fingerprint density at radius 2 is 0.907 bits per heavy atom. The summed E-state index contributed by atoms with van der Waals surface area (Å²) in [6, 6.07) is 37.1. The molecule has 0 bridgehead atoms. The van der Waals surface area contributed by atoms with Crippen LogP contribution in [0.4, 0.5) is 0 Å². The first-order chi connectivity index (χ1) is 21.0. The molecule has 0 saturated heterocycles. The van der Waals surface area contributed by atoms with Gasteiger partial charge in [0.15, 0.2) is 0 Å². The molecule has 2 N–H and O–H groups in total. The van der Waals surface area contributed by atoms with E-state index in [2.05, 4.69) is 0 Å². The van der Waals surface area contributed by atoms with E-state index in [1.165, 1.54) is 12.1 Å². The molecule has 43 heavy (non-hydrogen) atoms. The van der Waals surface area contributed by atoms with Gasteiger partial charge in [-0.3, -0.25) is 0 Å². The fraction of sp³-hybridized carbons (Fsp3) is 0.111. The molecule has 0 saturated carbocycles. The van der Waals surface area contributed by atoms with E-state index in [-0.39, 0.29) is 36.2 Å². The summed E-state index contributed by atoms with van der Waals surface area (Å²) in [6.07, 6.45) is 0. The second-order valence-electron chi connectivity index (χ2n) is 10.0. The van der Waals surface area contributed by atoms with Crippen LogP contribution >= 0.6 is 0 Å². The van der Waals surface area contributed by atoms with Crippen LogP contribution in [0.5, 0.6) is 11.5 Å². The van der Waals surface area contributed by atoms with Gasteiger partial charge in [-0.25, -0.2) is 8.42 Å². The molecule has 0 radical (unpaired) electrons. The molecule has 0 unspecified atom stereocenters. The van der Waals surface area contributed by atoms with Gasteiger partial charge in [0.05, 0.1) is 23.0 Å². The average Bonchev–Trinajstić information content (AvgIpc) is 3.05. The van der Waals surface area contributed by atoms with Crippen molar-refractivity contribution in [2.24, 2.45) is 0 Å². The minimum absolute atomic E-state index is 0.0769. The van der Waals surface area contributed by atoms with Gasteiger partial charge in [-0.15, -0.1) is 0 Å². The first kappa shape index (κ1) is 28.4. The van der Waals surface area contributed by atoms with E-state index >= 15 is 0 Å². The summed E-state index contributed by atoms with van der Waals surface area (Å²) in [6.45, 7) is -0.186. The van der Waals surface area contributed by atoms with Crippen LogP contribution in [-0.4, -0.2) is 45.1 Å². The fourth-order valence-corrected chi connectivity index (χ4v) is 6.71. The maximum Gasteiger partial charge on any atom is 0.206 e. The van der Waals surface area contributed by atoms with Gasteiger partial charge in [0.1, 0.15) is 24.7 Å². The van der Waals surface area contributed by atoms with E-state index < -0.39 is 9.84 Å². The van der Waals surface area contributed by atoms with Crippen molar-refractivity contribution >= 4 is 31.4 Å². The average molecular weight is 591 g/mol. The molecule has 0 amide bonds. The quantitative estimate of drug-likeness (QED) is 0.180. The van der Waals surface area contributed by atoms with E-state index in [1.807, 2.05) is 84.9 Å². The van der Waals surface area contributed by atoms with Crippen molar-refractivity contribution < 1.29 is 28.1 Å². The van der Waals surface area contributed by atoms with Gasteiger partial charge in [-0.05, 0) is 69.1 Å². The minimum atomic E-state index is -3.99. The van der Waals surface area contributed by atoms with Crippen molar-refractivity contribution in [1.29, 1.82) is 0 Å². The molecule has 0 atom stereocenters. The van der Waals surface area contributed by atoms with Crippen molar-refractivity contribution in [3.8, 4) is 33.8 Å². The summed E-state index contributed by atoms with van der Waals surface area (Å²) in [4.78, 5) is 0.222. The van der Waals surface area contributed by atoms with Crippen LogP contribution in [0, 0.1) is 0 Å². The number of sulfone groups is 1. The van der Waals surface area contributed by atoms with E-state index in [9.17, 15) is 18.6 Å². The molecule has 216 valence electrons. The third-order valence-electron chi connectivity index (χ3n) is 7.38. The van der Waals surface area contributed by atoms with Crippen LogP contribution < -0.4 is 9.47 Å². The Kier molecular flexibility index (Phi) is 8.11. The zero-order valence-corrected chi connectivity index (χ0v) is 24.1. The highest BCUT2D eigenvalue weighted by Gasteiger charge is 2.23. The summed E-state index contributed by atoms with van der Waals surface area (Å²) in [7, 11) is -3.99. The summed E-state index contributed by atoms with van der Waals surface area (Å²) >= 11 is 0. The monoisotopic (exact) mass is 590 g/mol. The van der Waals surface area contributed by atoms with Gasteiger partial charge >= 0.3 is 0 Å². The predicted octanol–water partition coefficient (Wildman–Crippen LogP) is 6.90. The van der Waals surface area contributed by atoms with Gasteiger partial charge in [-0.2, -0.15) is 0 Å². The van der Waals surface area contributed by atoms with Crippen LogP contribution in [0.2, 0.25) is 0 Å². The molecule has 6 nitrogen and oxygen atoms in total. The third kappa shape index (κ3) is 5.58. The lowest BCUT2D eigenvalue weighted by molar-refractivity contribution is 0.202. The Hall–Kier alpha value is -4.69. The van der Waals surface area contributed by atoms with Crippen molar-refractivity contribution in [1.82, 2.24) is 0 Å². The molecular formula is C36H30O6S. The van der Waals surface area contributed by atoms with Gasteiger partial charge < -0.3 is 19.7 Å². The molecule has 6 aromatic carbocycles. The molecule has 6 aromatic rings. The first-order valence-corrected chi connectivity index (χ1v) is 15.5. The Labute approximate surface area is 250 Å². The van der Waals surface area contributed by atoms with Crippen molar-refractivity contribution in [3.63, 3.8) is 0 Å². The largest absolute Gasteiger partial charge is 0.491 e. The van der Waals surface area contributed by atoms with E-state index in [4.69, 9.17) is 9.47 Å². The number of hydrogen-bond acceptors (Lipinski definition) is 6. The molecular weight excluding hydrogens is 560 g/mol. The lowest BCUT2D eigenvalue weighted by atomic mass is 9.97. The first-order valence-electron chi connectivity index (χ1n) is 14.0. The van der Waals surface area contributed by atoms with Crippen LogP contribution in [0.25, 0.3) is 43.8 Å².